The molecule has 0 fully saturated rings. The van der Waals surface area contributed by atoms with Gasteiger partial charge in [0.15, 0.2) is 0 Å². The fourth-order valence-electron chi connectivity index (χ4n) is 2.13. The Morgan fingerprint density at radius 2 is 1.90 bits per heavy atom. The number of nitrogens with one attached hydrogen (secondary N) is 1. The molecule has 0 saturated carbocycles. The van der Waals surface area contributed by atoms with E-state index in [9.17, 15) is 4.79 Å². The summed E-state index contributed by atoms with van der Waals surface area (Å²) in [6, 6.07) is 10.0. The molecule has 0 bridgehead atoms. The Bertz CT molecular complexity index is 600. The van der Waals surface area contributed by atoms with Gasteiger partial charge in [0.1, 0.15) is 0 Å². The monoisotopic (exact) mass is 271 g/mol. The number of carbonyl (C=O) groups excluding carboxylic acids is 1. The van der Waals surface area contributed by atoms with Gasteiger partial charge in [-0.1, -0.05) is 32.0 Å². The second-order valence-corrected chi connectivity index (χ2v) is 5.27. The molecule has 0 saturated heterocycles. The van der Waals surface area contributed by atoms with E-state index in [0.717, 1.165) is 22.6 Å². The Hall–Kier alpha value is -2.10. The summed E-state index contributed by atoms with van der Waals surface area (Å²) >= 11 is 0. The number of amides is 1. The maximum Gasteiger partial charge on any atom is 0.222 e. The lowest BCUT2D eigenvalue weighted by Gasteiger charge is -2.08. The first-order valence-electron chi connectivity index (χ1n) is 6.89. The number of aryl methyl sites for hydroxylation is 1. The Labute approximate surface area is 119 Å². The molecule has 0 aliphatic carbocycles. The number of aromatic nitrogens is 2. The van der Waals surface area contributed by atoms with Gasteiger partial charge in [-0.15, -0.1) is 0 Å². The standard InChI is InChI=1S/C16H21N3O/c1-11(2)16(20)17-10-15-12(3)18-19(13(15)4)14-8-6-5-7-9-14/h5-9,11H,10H2,1-4H3,(H,17,20). The number of benzene rings is 1. The molecule has 4 nitrogen and oxygen atoms in total. The molecule has 0 aliphatic rings. The fraction of sp³-hybridized carbons (Fsp3) is 0.375. The maximum absolute atomic E-state index is 11.7. The van der Waals surface area contributed by atoms with E-state index in [2.05, 4.69) is 10.4 Å². The molecule has 2 rings (SSSR count). The summed E-state index contributed by atoms with van der Waals surface area (Å²) in [6.45, 7) is 8.32. The molecule has 0 atom stereocenters. The van der Waals surface area contributed by atoms with Crippen molar-refractivity contribution < 1.29 is 4.79 Å². The van der Waals surface area contributed by atoms with Gasteiger partial charge in [0.25, 0.3) is 0 Å². The van der Waals surface area contributed by atoms with Crippen LogP contribution >= 0.6 is 0 Å². The first-order chi connectivity index (χ1) is 9.50. The largest absolute Gasteiger partial charge is 0.352 e. The van der Waals surface area contributed by atoms with Gasteiger partial charge in [0, 0.05) is 23.7 Å². The molecule has 1 N–H and O–H groups in total. The Morgan fingerprint density at radius 3 is 2.50 bits per heavy atom. The lowest BCUT2D eigenvalue weighted by Crippen LogP contribution is -2.27. The van der Waals surface area contributed by atoms with Gasteiger partial charge in [-0.25, -0.2) is 4.68 Å². The summed E-state index contributed by atoms with van der Waals surface area (Å²) in [6.07, 6.45) is 0. The molecule has 106 valence electrons. The van der Waals surface area contributed by atoms with Crippen LogP contribution in [0.1, 0.15) is 30.8 Å². The summed E-state index contributed by atoms with van der Waals surface area (Å²) in [5, 5.41) is 7.52. The zero-order valence-corrected chi connectivity index (χ0v) is 12.5. The molecule has 4 heteroatoms. The maximum atomic E-state index is 11.7. The third-order valence-corrected chi connectivity index (χ3v) is 3.41. The van der Waals surface area contributed by atoms with Crippen molar-refractivity contribution in [2.75, 3.05) is 0 Å². The number of carbonyl (C=O) groups is 1. The number of hydrogen-bond acceptors (Lipinski definition) is 2. The molecule has 20 heavy (non-hydrogen) atoms. The van der Waals surface area contributed by atoms with Crippen LogP contribution in [0.15, 0.2) is 30.3 Å². The van der Waals surface area contributed by atoms with Crippen molar-refractivity contribution in [3.8, 4) is 5.69 Å². The molecule has 1 heterocycles. The van der Waals surface area contributed by atoms with Crippen LogP contribution in [0.4, 0.5) is 0 Å². The van der Waals surface area contributed by atoms with Gasteiger partial charge in [-0.2, -0.15) is 5.10 Å². The fourth-order valence-corrected chi connectivity index (χ4v) is 2.13. The third-order valence-electron chi connectivity index (χ3n) is 3.41. The van der Waals surface area contributed by atoms with E-state index in [0.29, 0.717) is 6.54 Å². The molecule has 1 aromatic heterocycles. The normalized spacial score (nSPS) is 10.8. The second-order valence-electron chi connectivity index (χ2n) is 5.27. The Kier molecular flexibility index (Phi) is 4.23. The van der Waals surface area contributed by atoms with Crippen LogP contribution in [0.5, 0.6) is 0 Å². The summed E-state index contributed by atoms with van der Waals surface area (Å²) < 4.78 is 1.92. The van der Waals surface area contributed by atoms with Gasteiger partial charge < -0.3 is 5.32 Å². The van der Waals surface area contributed by atoms with Crippen molar-refractivity contribution in [2.24, 2.45) is 5.92 Å². The highest BCUT2D eigenvalue weighted by Crippen LogP contribution is 2.17. The summed E-state index contributed by atoms with van der Waals surface area (Å²) in [4.78, 5) is 11.7. The highest BCUT2D eigenvalue weighted by Gasteiger charge is 2.14. The smallest absolute Gasteiger partial charge is 0.222 e. The van der Waals surface area contributed by atoms with Gasteiger partial charge >= 0.3 is 0 Å². The molecule has 2 aromatic rings. The Balaban J connectivity index is 2.24. The quantitative estimate of drug-likeness (QED) is 0.929. The van der Waals surface area contributed by atoms with Crippen molar-refractivity contribution in [2.45, 2.75) is 34.2 Å². The highest BCUT2D eigenvalue weighted by atomic mass is 16.1. The Morgan fingerprint density at radius 1 is 1.25 bits per heavy atom. The van der Waals surface area contributed by atoms with E-state index < -0.39 is 0 Å². The summed E-state index contributed by atoms with van der Waals surface area (Å²) in [5.41, 5.74) is 4.14. The van der Waals surface area contributed by atoms with Crippen molar-refractivity contribution in [3.05, 3.63) is 47.3 Å². The van der Waals surface area contributed by atoms with Crippen molar-refractivity contribution >= 4 is 5.91 Å². The van der Waals surface area contributed by atoms with Crippen LogP contribution in [0, 0.1) is 19.8 Å². The minimum absolute atomic E-state index is 0.000203. The van der Waals surface area contributed by atoms with Crippen LogP contribution in [0.2, 0.25) is 0 Å². The molecule has 0 radical (unpaired) electrons. The molecule has 1 aromatic carbocycles. The molecule has 0 unspecified atom stereocenters. The lowest BCUT2D eigenvalue weighted by molar-refractivity contribution is -0.124. The first kappa shape index (κ1) is 14.3. The van der Waals surface area contributed by atoms with Crippen LogP contribution in [0.3, 0.4) is 0 Å². The summed E-state index contributed by atoms with van der Waals surface area (Å²) in [5.74, 6) is 0.0658. The summed E-state index contributed by atoms with van der Waals surface area (Å²) in [7, 11) is 0. The average Bonchev–Trinajstić information content (AvgIpc) is 2.72. The second kappa shape index (κ2) is 5.90. The van der Waals surface area contributed by atoms with Crippen LogP contribution < -0.4 is 5.32 Å². The zero-order chi connectivity index (χ0) is 14.7. The zero-order valence-electron chi connectivity index (χ0n) is 12.5. The van der Waals surface area contributed by atoms with E-state index in [4.69, 9.17) is 0 Å². The van der Waals surface area contributed by atoms with Crippen LogP contribution in [-0.4, -0.2) is 15.7 Å². The topological polar surface area (TPSA) is 46.9 Å². The predicted molar refractivity (Wildman–Crippen MR) is 79.7 cm³/mol. The van der Waals surface area contributed by atoms with E-state index in [1.807, 2.05) is 62.7 Å². The number of hydrogen-bond donors (Lipinski definition) is 1. The van der Waals surface area contributed by atoms with Crippen molar-refractivity contribution in [1.29, 1.82) is 0 Å². The van der Waals surface area contributed by atoms with Crippen LogP contribution in [0.25, 0.3) is 5.69 Å². The molecule has 0 aliphatic heterocycles. The molecular weight excluding hydrogens is 250 g/mol. The van der Waals surface area contributed by atoms with Crippen LogP contribution in [-0.2, 0) is 11.3 Å². The molecule has 1 amide bonds. The molecular formula is C16H21N3O. The minimum Gasteiger partial charge on any atom is -0.352 e. The number of rotatable bonds is 4. The van der Waals surface area contributed by atoms with E-state index in [1.165, 1.54) is 0 Å². The van der Waals surface area contributed by atoms with E-state index in [1.54, 1.807) is 0 Å². The van der Waals surface area contributed by atoms with Gasteiger partial charge in [0.05, 0.1) is 11.4 Å². The van der Waals surface area contributed by atoms with E-state index in [-0.39, 0.29) is 11.8 Å². The minimum atomic E-state index is -0.000203. The van der Waals surface area contributed by atoms with Gasteiger partial charge in [0.2, 0.25) is 5.91 Å². The lowest BCUT2D eigenvalue weighted by atomic mass is 10.1. The van der Waals surface area contributed by atoms with Gasteiger partial charge in [-0.05, 0) is 26.0 Å². The van der Waals surface area contributed by atoms with Crippen molar-refractivity contribution in [1.82, 2.24) is 15.1 Å². The first-order valence-corrected chi connectivity index (χ1v) is 6.89. The predicted octanol–water partition coefficient (Wildman–Crippen LogP) is 2.76. The van der Waals surface area contributed by atoms with Crippen molar-refractivity contribution in [3.63, 3.8) is 0 Å². The SMILES string of the molecule is Cc1nn(-c2ccccc2)c(C)c1CNC(=O)C(C)C. The van der Waals surface area contributed by atoms with Gasteiger partial charge in [-0.3, -0.25) is 4.79 Å². The average molecular weight is 271 g/mol. The van der Waals surface area contributed by atoms with E-state index >= 15 is 0 Å². The number of nitrogens with zero attached hydrogens (tertiary/aromatic N) is 2. The third kappa shape index (κ3) is 2.90. The molecule has 0 spiro atoms. The number of para-hydroxylation sites is 1. The highest BCUT2D eigenvalue weighted by molar-refractivity contribution is 5.77.